The van der Waals surface area contributed by atoms with E-state index in [1.54, 1.807) is 0 Å². The van der Waals surface area contributed by atoms with Crippen molar-refractivity contribution < 1.29 is 9.47 Å². The van der Waals surface area contributed by atoms with Crippen molar-refractivity contribution in [3.63, 3.8) is 0 Å². The number of hydrazone groups is 1. The fourth-order valence-corrected chi connectivity index (χ4v) is 2.38. The molecule has 0 saturated carbocycles. The predicted octanol–water partition coefficient (Wildman–Crippen LogP) is 3.11. The van der Waals surface area contributed by atoms with Crippen molar-refractivity contribution >= 4 is 23.0 Å². The molecule has 1 aliphatic rings. The van der Waals surface area contributed by atoms with Crippen LogP contribution < -0.4 is 20.2 Å². The van der Waals surface area contributed by atoms with Crippen LogP contribution in [0.2, 0.25) is 0 Å². The predicted molar refractivity (Wildman–Crippen MR) is 98.5 cm³/mol. The number of ether oxygens (including phenoxy) is 2. The Morgan fingerprint density at radius 1 is 1.12 bits per heavy atom. The number of hydrogen-bond acceptors (Lipinski definition) is 4. The second-order valence-electron chi connectivity index (χ2n) is 5.55. The van der Waals surface area contributed by atoms with Gasteiger partial charge in [0.15, 0.2) is 16.6 Å². The van der Waals surface area contributed by atoms with E-state index in [4.69, 9.17) is 21.7 Å². The third-order valence-corrected chi connectivity index (χ3v) is 3.92. The normalized spacial score (nSPS) is 12.8. The Hall–Kier alpha value is -2.60. The lowest BCUT2D eigenvalue weighted by Gasteiger charge is -2.09. The van der Waals surface area contributed by atoms with Crippen LogP contribution in [0.15, 0.2) is 47.6 Å². The lowest BCUT2D eigenvalue weighted by Crippen LogP contribution is -2.32. The summed E-state index contributed by atoms with van der Waals surface area (Å²) in [6.07, 6.45) is 0. The number of rotatable bonds is 4. The molecule has 124 valence electrons. The summed E-state index contributed by atoms with van der Waals surface area (Å²) in [5.41, 5.74) is 7.09. The van der Waals surface area contributed by atoms with E-state index >= 15 is 0 Å². The molecular formula is C18H19N3O2S. The largest absolute Gasteiger partial charge is 0.454 e. The Morgan fingerprint density at radius 3 is 2.67 bits per heavy atom. The van der Waals surface area contributed by atoms with Gasteiger partial charge in [-0.15, -0.1) is 0 Å². The zero-order chi connectivity index (χ0) is 16.9. The van der Waals surface area contributed by atoms with Gasteiger partial charge in [0.05, 0.1) is 5.71 Å². The maximum atomic E-state index is 5.36. The third-order valence-electron chi connectivity index (χ3n) is 3.68. The first-order valence-corrected chi connectivity index (χ1v) is 8.06. The molecule has 2 aromatic carbocycles. The summed E-state index contributed by atoms with van der Waals surface area (Å²) in [4.78, 5) is 0. The summed E-state index contributed by atoms with van der Waals surface area (Å²) in [6.45, 7) is 4.86. The van der Waals surface area contributed by atoms with Crippen molar-refractivity contribution in [2.75, 3.05) is 6.79 Å². The molecule has 3 rings (SSSR count). The zero-order valence-electron chi connectivity index (χ0n) is 13.6. The number of benzene rings is 2. The monoisotopic (exact) mass is 341 g/mol. The minimum absolute atomic E-state index is 0.277. The topological polar surface area (TPSA) is 54.9 Å². The molecule has 0 amide bonds. The molecule has 2 N–H and O–H groups in total. The number of fused-ring (bicyclic) bond motifs is 1. The van der Waals surface area contributed by atoms with Gasteiger partial charge in [-0.2, -0.15) is 5.10 Å². The number of nitrogens with zero attached hydrogens (tertiary/aromatic N) is 1. The van der Waals surface area contributed by atoms with E-state index in [9.17, 15) is 0 Å². The van der Waals surface area contributed by atoms with E-state index < -0.39 is 0 Å². The molecule has 24 heavy (non-hydrogen) atoms. The summed E-state index contributed by atoms with van der Waals surface area (Å²) in [7, 11) is 0. The van der Waals surface area contributed by atoms with Gasteiger partial charge in [-0.25, -0.2) is 0 Å². The molecule has 0 fully saturated rings. The number of thiocarbonyl (C=S) groups is 1. The molecule has 5 nitrogen and oxygen atoms in total. The van der Waals surface area contributed by atoms with E-state index in [1.165, 1.54) is 5.56 Å². The smallest absolute Gasteiger partial charge is 0.231 e. The molecule has 1 aliphatic heterocycles. The minimum atomic E-state index is 0.277. The van der Waals surface area contributed by atoms with E-state index in [1.807, 2.05) is 37.3 Å². The van der Waals surface area contributed by atoms with E-state index in [-0.39, 0.29) is 6.79 Å². The minimum Gasteiger partial charge on any atom is -0.454 e. The second kappa shape index (κ2) is 7.31. The Labute approximate surface area is 146 Å². The van der Waals surface area contributed by atoms with Crippen LogP contribution in [0.25, 0.3) is 0 Å². The fraction of sp³-hybridized carbons (Fsp3) is 0.222. The summed E-state index contributed by atoms with van der Waals surface area (Å²) in [5.74, 6) is 1.54. The zero-order valence-corrected chi connectivity index (χ0v) is 14.4. The van der Waals surface area contributed by atoms with Gasteiger partial charge in [0.2, 0.25) is 6.79 Å². The van der Waals surface area contributed by atoms with Gasteiger partial charge < -0.3 is 14.8 Å². The second-order valence-corrected chi connectivity index (χ2v) is 5.95. The summed E-state index contributed by atoms with van der Waals surface area (Å²) >= 11 is 5.26. The van der Waals surface area contributed by atoms with E-state index in [2.05, 4.69) is 34.9 Å². The summed E-state index contributed by atoms with van der Waals surface area (Å²) in [5, 5.41) is 7.91. The van der Waals surface area contributed by atoms with Crippen LogP contribution in [0.5, 0.6) is 11.5 Å². The van der Waals surface area contributed by atoms with Crippen molar-refractivity contribution in [1.29, 1.82) is 0 Å². The standard InChI is InChI=1S/C18H19N3O2S/c1-12-3-6-15(7-4-12)13(2)20-21-18(24)19-10-14-5-8-16-17(9-14)23-11-22-16/h3-9H,10-11H2,1-2H3,(H2,19,21,24)/b20-13-. The van der Waals surface area contributed by atoms with Crippen LogP contribution in [0.1, 0.15) is 23.6 Å². The third kappa shape index (κ3) is 4.02. The van der Waals surface area contributed by atoms with Gasteiger partial charge in [0.25, 0.3) is 0 Å². The molecule has 2 aromatic rings. The highest BCUT2D eigenvalue weighted by atomic mass is 32.1. The van der Waals surface area contributed by atoms with Crippen LogP contribution >= 0.6 is 12.2 Å². The molecule has 1 heterocycles. The van der Waals surface area contributed by atoms with Crippen LogP contribution in [0.3, 0.4) is 0 Å². The van der Waals surface area contributed by atoms with E-state index in [0.717, 1.165) is 28.3 Å². The molecule has 6 heteroatoms. The number of hydrogen-bond donors (Lipinski definition) is 2. The summed E-state index contributed by atoms with van der Waals surface area (Å²) < 4.78 is 10.7. The molecular weight excluding hydrogens is 322 g/mol. The van der Waals surface area contributed by atoms with E-state index in [0.29, 0.717) is 11.7 Å². The fourth-order valence-electron chi connectivity index (χ4n) is 2.27. The Bertz CT molecular complexity index is 772. The lowest BCUT2D eigenvalue weighted by atomic mass is 10.1. The molecule has 0 atom stereocenters. The van der Waals surface area contributed by atoms with Crippen molar-refractivity contribution in [1.82, 2.24) is 10.7 Å². The number of nitrogens with one attached hydrogen (secondary N) is 2. The van der Waals surface area contributed by atoms with Crippen LogP contribution in [-0.4, -0.2) is 17.6 Å². The van der Waals surface area contributed by atoms with Gasteiger partial charge in [-0.1, -0.05) is 35.9 Å². The van der Waals surface area contributed by atoms with Gasteiger partial charge in [0, 0.05) is 6.54 Å². The van der Waals surface area contributed by atoms with Gasteiger partial charge in [-0.05, 0) is 49.3 Å². The highest BCUT2D eigenvalue weighted by Gasteiger charge is 2.12. The average molecular weight is 341 g/mol. The van der Waals surface area contributed by atoms with Gasteiger partial charge >= 0.3 is 0 Å². The quantitative estimate of drug-likeness (QED) is 0.508. The Morgan fingerprint density at radius 2 is 1.88 bits per heavy atom. The molecule has 0 aromatic heterocycles. The highest BCUT2D eigenvalue weighted by molar-refractivity contribution is 7.80. The Balaban J connectivity index is 1.52. The first kappa shape index (κ1) is 16.3. The molecule has 0 unspecified atom stereocenters. The van der Waals surface area contributed by atoms with Crippen molar-refractivity contribution in [2.24, 2.45) is 5.10 Å². The molecule has 0 radical (unpaired) electrons. The number of aryl methyl sites for hydroxylation is 1. The maximum absolute atomic E-state index is 5.36. The molecule has 0 spiro atoms. The first-order chi connectivity index (χ1) is 11.6. The molecule has 0 bridgehead atoms. The maximum Gasteiger partial charge on any atom is 0.231 e. The summed E-state index contributed by atoms with van der Waals surface area (Å²) in [6, 6.07) is 14.0. The van der Waals surface area contributed by atoms with Gasteiger partial charge in [-0.3, -0.25) is 5.43 Å². The van der Waals surface area contributed by atoms with Crippen LogP contribution in [0.4, 0.5) is 0 Å². The first-order valence-electron chi connectivity index (χ1n) is 7.65. The molecule has 0 saturated heterocycles. The van der Waals surface area contributed by atoms with Crippen LogP contribution in [0, 0.1) is 6.92 Å². The van der Waals surface area contributed by atoms with Crippen molar-refractivity contribution in [3.05, 3.63) is 59.2 Å². The lowest BCUT2D eigenvalue weighted by molar-refractivity contribution is 0.174. The van der Waals surface area contributed by atoms with Crippen molar-refractivity contribution in [3.8, 4) is 11.5 Å². The average Bonchev–Trinajstić information content (AvgIpc) is 3.06. The van der Waals surface area contributed by atoms with Gasteiger partial charge in [0.1, 0.15) is 0 Å². The Kier molecular flexibility index (Phi) is 4.96. The molecule has 0 aliphatic carbocycles. The highest BCUT2D eigenvalue weighted by Crippen LogP contribution is 2.32. The SMILES string of the molecule is C/C(=N/NC(=S)NCc1ccc2c(c1)OCO2)c1ccc(C)cc1. The van der Waals surface area contributed by atoms with Crippen molar-refractivity contribution in [2.45, 2.75) is 20.4 Å². The van der Waals surface area contributed by atoms with Crippen LogP contribution in [-0.2, 0) is 6.54 Å².